The van der Waals surface area contributed by atoms with Crippen LogP contribution in [0.25, 0.3) is 0 Å². The molecule has 7 heteroatoms. The average molecular weight is 283 g/mol. The van der Waals surface area contributed by atoms with Crippen molar-refractivity contribution >= 4 is 17.9 Å². The van der Waals surface area contributed by atoms with Crippen molar-refractivity contribution in [3.05, 3.63) is 0 Å². The number of rotatable bonds is 4. The van der Waals surface area contributed by atoms with Gasteiger partial charge < -0.3 is 20.6 Å². The molecular formula is C13H21N3O4. The van der Waals surface area contributed by atoms with Gasteiger partial charge in [-0.1, -0.05) is 13.3 Å². The third-order valence-electron chi connectivity index (χ3n) is 4.32. The number of nitrogens with zero attached hydrogens (tertiary/aromatic N) is 1. The van der Waals surface area contributed by atoms with E-state index in [9.17, 15) is 19.5 Å². The Morgan fingerprint density at radius 2 is 2.20 bits per heavy atom. The highest BCUT2D eigenvalue weighted by Crippen LogP contribution is 2.40. The summed E-state index contributed by atoms with van der Waals surface area (Å²) in [4.78, 5) is 36.6. The summed E-state index contributed by atoms with van der Waals surface area (Å²) in [6.45, 7) is 2.87. The van der Waals surface area contributed by atoms with Gasteiger partial charge in [0.2, 0.25) is 5.91 Å². The Hall–Kier alpha value is -1.79. The summed E-state index contributed by atoms with van der Waals surface area (Å²) in [5, 5.41) is 14.6. The summed E-state index contributed by atoms with van der Waals surface area (Å²) in [7, 11) is 0. The maximum atomic E-state index is 12.2. The molecule has 0 aromatic heterocycles. The molecule has 1 aliphatic carbocycles. The zero-order valence-corrected chi connectivity index (χ0v) is 11.6. The van der Waals surface area contributed by atoms with Crippen LogP contribution in [0.15, 0.2) is 0 Å². The second kappa shape index (κ2) is 5.68. The highest BCUT2D eigenvalue weighted by atomic mass is 16.4. The first-order valence-electron chi connectivity index (χ1n) is 7.06. The van der Waals surface area contributed by atoms with E-state index in [1.165, 1.54) is 4.90 Å². The van der Waals surface area contributed by atoms with Crippen molar-refractivity contribution in [2.24, 2.45) is 5.41 Å². The van der Waals surface area contributed by atoms with E-state index in [2.05, 4.69) is 10.6 Å². The van der Waals surface area contributed by atoms with Gasteiger partial charge in [-0.3, -0.25) is 9.59 Å². The van der Waals surface area contributed by atoms with E-state index < -0.39 is 17.4 Å². The molecule has 20 heavy (non-hydrogen) atoms. The first kappa shape index (κ1) is 14.6. The normalized spacial score (nSPS) is 24.6. The van der Waals surface area contributed by atoms with E-state index in [4.69, 9.17) is 0 Å². The molecular weight excluding hydrogens is 262 g/mol. The topological polar surface area (TPSA) is 98.7 Å². The van der Waals surface area contributed by atoms with Gasteiger partial charge in [0.25, 0.3) is 0 Å². The smallest absolute Gasteiger partial charge is 0.318 e. The van der Waals surface area contributed by atoms with Crippen molar-refractivity contribution in [2.75, 3.05) is 19.6 Å². The molecule has 3 amide bonds. The van der Waals surface area contributed by atoms with Crippen molar-refractivity contribution in [3.63, 3.8) is 0 Å². The first-order valence-corrected chi connectivity index (χ1v) is 7.06. The molecule has 2 aliphatic rings. The van der Waals surface area contributed by atoms with E-state index in [-0.39, 0.29) is 18.5 Å². The van der Waals surface area contributed by atoms with Crippen molar-refractivity contribution in [3.8, 4) is 0 Å². The summed E-state index contributed by atoms with van der Waals surface area (Å²) in [6.07, 6.45) is 2.62. The van der Waals surface area contributed by atoms with Crippen LogP contribution < -0.4 is 10.6 Å². The number of carboxylic acid groups (broad SMARTS) is 1. The van der Waals surface area contributed by atoms with Crippen molar-refractivity contribution in [1.29, 1.82) is 0 Å². The number of amides is 3. The molecule has 3 N–H and O–H groups in total. The monoisotopic (exact) mass is 283 g/mol. The summed E-state index contributed by atoms with van der Waals surface area (Å²) in [5.41, 5.74) is -0.810. The molecule has 1 atom stereocenters. The minimum absolute atomic E-state index is 0.135. The summed E-state index contributed by atoms with van der Waals surface area (Å²) in [5.74, 6) is -1.00. The van der Waals surface area contributed by atoms with Crippen molar-refractivity contribution in [2.45, 2.75) is 38.6 Å². The first-order chi connectivity index (χ1) is 9.50. The number of carbonyl (C=O) groups excluding carboxylic acids is 2. The lowest BCUT2D eigenvalue weighted by Crippen LogP contribution is -2.60. The minimum Gasteiger partial charge on any atom is -0.481 e. The number of hydrogen-bond donors (Lipinski definition) is 3. The molecule has 1 heterocycles. The predicted molar refractivity (Wildman–Crippen MR) is 71.1 cm³/mol. The van der Waals surface area contributed by atoms with Crippen LogP contribution in [0.4, 0.5) is 4.79 Å². The molecule has 112 valence electrons. The lowest BCUT2D eigenvalue weighted by molar-refractivity contribution is -0.153. The van der Waals surface area contributed by atoms with Gasteiger partial charge in [-0.15, -0.1) is 0 Å². The molecule has 2 fully saturated rings. The van der Waals surface area contributed by atoms with Crippen LogP contribution in [0.3, 0.4) is 0 Å². The van der Waals surface area contributed by atoms with Gasteiger partial charge in [-0.25, -0.2) is 4.79 Å². The van der Waals surface area contributed by atoms with E-state index in [1.807, 2.05) is 6.92 Å². The van der Waals surface area contributed by atoms with Crippen molar-refractivity contribution in [1.82, 2.24) is 15.5 Å². The van der Waals surface area contributed by atoms with Crippen LogP contribution in [0.2, 0.25) is 0 Å². The third kappa shape index (κ3) is 2.57. The third-order valence-corrected chi connectivity index (χ3v) is 4.32. The van der Waals surface area contributed by atoms with Gasteiger partial charge in [0.05, 0.1) is 5.41 Å². The second-order valence-corrected chi connectivity index (χ2v) is 5.51. The minimum atomic E-state index is -0.854. The average Bonchev–Trinajstić information content (AvgIpc) is 2.36. The van der Waals surface area contributed by atoms with Gasteiger partial charge in [-0.2, -0.15) is 0 Å². The molecule has 0 bridgehead atoms. The molecule has 0 spiro atoms. The van der Waals surface area contributed by atoms with Crippen LogP contribution >= 0.6 is 0 Å². The van der Waals surface area contributed by atoms with Crippen LogP contribution in [0.5, 0.6) is 0 Å². The largest absolute Gasteiger partial charge is 0.481 e. The number of carbonyl (C=O) groups is 3. The molecule has 1 saturated carbocycles. The summed E-state index contributed by atoms with van der Waals surface area (Å²) >= 11 is 0. The Bertz CT molecular complexity index is 420. The van der Waals surface area contributed by atoms with E-state index in [0.717, 1.165) is 6.42 Å². The van der Waals surface area contributed by atoms with Crippen LogP contribution in [-0.2, 0) is 9.59 Å². The Balaban J connectivity index is 1.94. The molecule has 7 nitrogen and oxygen atoms in total. The second-order valence-electron chi connectivity index (χ2n) is 5.51. The standard InChI is InChI=1S/C13H21N3O4/c1-2-9-10(17)14-6-7-16(9)12(20)15-8-13(11(18)19)4-3-5-13/h9H,2-8H2,1H3,(H,14,17)(H,15,20)(H,18,19). The van der Waals surface area contributed by atoms with E-state index in [1.54, 1.807) is 0 Å². The maximum absolute atomic E-state index is 12.2. The molecule has 1 unspecified atom stereocenters. The molecule has 1 aliphatic heterocycles. The number of aliphatic carboxylic acids is 1. The fourth-order valence-electron chi connectivity index (χ4n) is 2.78. The summed E-state index contributed by atoms with van der Waals surface area (Å²) < 4.78 is 0. The molecule has 0 radical (unpaired) electrons. The van der Waals surface area contributed by atoms with Gasteiger partial charge >= 0.3 is 12.0 Å². The van der Waals surface area contributed by atoms with Crippen LogP contribution in [-0.4, -0.2) is 53.6 Å². The molecule has 1 saturated heterocycles. The highest BCUT2D eigenvalue weighted by Gasteiger charge is 2.45. The Morgan fingerprint density at radius 1 is 1.50 bits per heavy atom. The van der Waals surface area contributed by atoms with Gasteiger partial charge in [-0.05, 0) is 19.3 Å². The van der Waals surface area contributed by atoms with Crippen molar-refractivity contribution < 1.29 is 19.5 Å². The fraction of sp³-hybridized carbons (Fsp3) is 0.769. The summed E-state index contributed by atoms with van der Waals surface area (Å²) in [6, 6.07) is -0.815. The number of carboxylic acids is 1. The van der Waals surface area contributed by atoms with Crippen LogP contribution in [0, 0.1) is 5.41 Å². The van der Waals surface area contributed by atoms with Crippen LogP contribution in [0.1, 0.15) is 32.6 Å². The van der Waals surface area contributed by atoms with E-state index in [0.29, 0.717) is 32.4 Å². The zero-order valence-electron chi connectivity index (χ0n) is 11.6. The van der Waals surface area contributed by atoms with Gasteiger partial charge in [0.15, 0.2) is 0 Å². The number of hydrogen-bond acceptors (Lipinski definition) is 3. The molecule has 2 rings (SSSR count). The van der Waals surface area contributed by atoms with E-state index >= 15 is 0 Å². The quantitative estimate of drug-likeness (QED) is 0.684. The molecule has 0 aromatic rings. The SMILES string of the molecule is CCC1C(=O)NCCN1C(=O)NCC1(C(=O)O)CCC1. The number of urea groups is 1. The number of piperazine rings is 1. The Labute approximate surface area is 117 Å². The number of nitrogens with one attached hydrogen (secondary N) is 2. The Kier molecular flexibility index (Phi) is 4.15. The maximum Gasteiger partial charge on any atom is 0.318 e. The lowest BCUT2D eigenvalue weighted by Gasteiger charge is -2.39. The highest BCUT2D eigenvalue weighted by molar-refractivity contribution is 5.88. The lowest BCUT2D eigenvalue weighted by atomic mass is 9.69. The van der Waals surface area contributed by atoms with Gasteiger partial charge in [0, 0.05) is 19.6 Å². The fourth-order valence-corrected chi connectivity index (χ4v) is 2.78. The zero-order chi connectivity index (χ0) is 14.8. The Morgan fingerprint density at radius 3 is 2.70 bits per heavy atom. The predicted octanol–water partition coefficient (Wildman–Crippen LogP) is 0.161. The molecule has 0 aromatic carbocycles. The van der Waals surface area contributed by atoms with Gasteiger partial charge in [0.1, 0.15) is 6.04 Å².